The van der Waals surface area contributed by atoms with Crippen LogP contribution in [0.4, 0.5) is 0 Å². The van der Waals surface area contributed by atoms with Gasteiger partial charge < -0.3 is 0 Å². The average molecular weight is 547 g/mol. The van der Waals surface area contributed by atoms with Crippen molar-refractivity contribution in [2.45, 2.75) is 0 Å². The molecule has 194 valence electrons. The first kappa shape index (κ1) is 24.8. The van der Waals surface area contributed by atoms with Crippen LogP contribution < -0.4 is 0 Å². The summed E-state index contributed by atoms with van der Waals surface area (Å²) in [5.74, 6) is 1.76. The number of nitrogens with zero attached hydrogens (tertiary/aromatic N) is 4. The molecule has 0 saturated carbocycles. The second kappa shape index (κ2) is 10.8. The van der Waals surface area contributed by atoms with Crippen LogP contribution in [0.25, 0.3) is 67.3 Å². The van der Waals surface area contributed by atoms with E-state index in [0.29, 0.717) is 22.5 Å². The van der Waals surface area contributed by atoms with Gasteiger partial charge in [0.1, 0.15) is 0 Å². The van der Waals surface area contributed by atoms with E-state index in [1.165, 1.54) is 0 Å². The van der Waals surface area contributed by atoms with Crippen molar-refractivity contribution >= 4 is 22.5 Å². The summed E-state index contributed by atoms with van der Waals surface area (Å²) in [6.07, 6.45) is 1.81. The molecule has 5 aromatic carbocycles. The zero-order valence-corrected chi connectivity index (χ0v) is 22.7. The van der Waals surface area contributed by atoms with Crippen molar-refractivity contribution in [1.29, 1.82) is 0 Å². The molecule has 5 heteroatoms. The molecule has 4 nitrogen and oxygen atoms in total. The van der Waals surface area contributed by atoms with Gasteiger partial charge >= 0.3 is 0 Å². The molecule has 0 spiro atoms. The van der Waals surface area contributed by atoms with Crippen LogP contribution in [-0.2, 0) is 0 Å². The van der Waals surface area contributed by atoms with Gasteiger partial charge in [0.2, 0.25) is 0 Å². The fraction of sp³-hybridized carbons (Fsp3) is 0. The Morgan fingerprint density at radius 1 is 0.415 bits per heavy atom. The van der Waals surface area contributed by atoms with Crippen LogP contribution in [0.3, 0.4) is 0 Å². The number of aromatic nitrogens is 4. The molecular weight excluding hydrogens is 524 g/mol. The van der Waals surface area contributed by atoms with Gasteiger partial charge in [0.05, 0.1) is 5.52 Å². The molecular formula is C36H23ClN4. The summed E-state index contributed by atoms with van der Waals surface area (Å²) in [5.41, 5.74) is 7.80. The quantitative estimate of drug-likeness (QED) is 0.216. The third kappa shape index (κ3) is 5.09. The van der Waals surface area contributed by atoms with E-state index >= 15 is 0 Å². The van der Waals surface area contributed by atoms with E-state index in [1.54, 1.807) is 0 Å². The molecule has 0 aliphatic rings. The van der Waals surface area contributed by atoms with Gasteiger partial charge in [-0.15, -0.1) is 0 Å². The number of pyridine rings is 1. The van der Waals surface area contributed by atoms with Crippen molar-refractivity contribution in [3.8, 4) is 56.4 Å². The molecule has 0 radical (unpaired) electrons. The van der Waals surface area contributed by atoms with Gasteiger partial charge in [0, 0.05) is 38.9 Å². The minimum atomic E-state index is 0.554. The molecule has 0 amide bonds. The van der Waals surface area contributed by atoms with Gasteiger partial charge in [-0.2, -0.15) is 0 Å². The number of halogens is 1. The van der Waals surface area contributed by atoms with Crippen molar-refractivity contribution < 1.29 is 0 Å². The maximum absolute atomic E-state index is 6.70. The third-order valence-electron chi connectivity index (χ3n) is 7.02. The van der Waals surface area contributed by atoms with Crippen LogP contribution >= 0.6 is 11.6 Å². The molecule has 41 heavy (non-hydrogen) atoms. The normalized spacial score (nSPS) is 11.0. The molecule has 0 N–H and O–H groups in total. The summed E-state index contributed by atoms with van der Waals surface area (Å²) >= 11 is 6.70. The van der Waals surface area contributed by atoms with Crippen LogP contribution in [0, 0.1) is 0 Å². The highest BCUT2D eigenvalue weighted by atomic mass is 35.5. The first-order valence-corrected chi connectivity index (χ1v) is 13.7. The van der Waals surface area contributed by atoms with Crippen LogP contribution in [-0.4, -0.2) is 19.9 Å². The first-order valence-electron chi connectivity index (χ1n) is 13.3. The van der Waals surface area contributed by atoms with Gasteiger partial charge in [-0.3, -0.25) is 4.98 Å². The lowest BCUT2D eigenvalue weighted by atomic mass is 9.99. The summed E-state index contributed by atoms with van der Waals surface area (Å²) in [5, 5.41) is 1.67. The van der Waals surface area contributed by atoms with Crippen molar-refractivity contribution in [2.75, 3.05) is 0 Å². The minimum absolute atomic E-state index is 0.554. The molecule has 0 saturated heterocycles. The summed E-state index contributed by atoms with van der Waals surface area (Å²) in [7, 11) is 0. The second-order valence-electron chi connectivity index (χ2n) is 9.72. The van der Waals surface area contributed by atoms with E-state index < -0.39 is 0 Å². The van der Waals surface area contributed by atoms with Crippen LogP contribution in [0.2, 0.25) is 5.02 Å². The van der Waals surface area contributed by atoms with Gasteiger partial charge in [0.15, 0.2) is 17.5 Å². The summed E-state index contributed by atoms with van der Waals surface area (Å²) in [6.45, 7) is 0. The molecule has 7 aromatic rings. The number of fused-ring (bicyclic) bond motifs is 1. The predicted octanol–water partition coefficient (Wildman–Crippen LogP) is 9.41. The molecule has 0 atom stereocenters. The second-order valence-corrected chi connectivity index (χ2v) is 10.2. The van der Waals surface area contributed by atoms with Crippen LogP contribution in [0.5, 0.6) is 0 Å². The maximum Gasteiger partial charge on any atom is 0.164 e. The lowest BCUT2D eigenvalue weighted by molar-refractivity contribution is 1.07. The highest BCUT2D eigenvalue weighted by Gasteiger charge is 2.15. The summed E-state index contributed by atoms with van der Waals surface area (Å²) in [4.78, 5) is 19.4. The Morgan fingerprint density at radius 3 is 1.66 bits per heavy atom. The lowest BCUT2D eigenvalue weighted by Gasteiger charge is -2.11. The maximum atomic E-state index is 6.70. The minimum Gasteiger partial charge on any atom is -0.256 e. The lowest BCUT2D eigenvalue weighted by Crippen LogP contribution is -2.00. The molecule has 0 aliphatic heterocycles. The Kier molecular flexibility index (Phi) is 6.51. The largest absolute Gasteiger partial charge is 0.256 e. The topological polar surface area (TPSA) is 51.6 Å². The molecule has 0 aliphatic carbocycles. The number of para-hydroxylation sites is 1. The number of benzene rings is 5. The van der Waals surface area contributed by atoms with Gasteiger partial charge in [0.25, 0.3) is 0 Å². The fourth-order valence-corrected chi connectivity index (χ4v) is 5.24. The van der Waals surface area contributed by atoms with Crippen molar-refractivity contribution in [3.63, 3.8) is 0 Å². The highest BCUT2D eigenvalue weighted by Crippen LogP contribution is 2.34. The van der Waals surface area contributed by atoms with E-state index in [2.05, 4.69) is 65.6 Å². The van der Waals surface area contributed by atoms with E-state index in [9.17, 15) is 0 Å². The Labute approximate surface area is 243 Å². The number of hydrogen-bond donors (Lipinski definition) is 0. The van der Waals surface area contributed by atoms with Gasteiger partial charge in [-0.25, -0.2) is 15.0 Å². The zero-order valence-electron chi connectivity index (χ0n) is 21.9. The fourth-order valence-electron chi connectivity index (χ4n) is 5.00. The zero-order chi connectivity index (χ0) is 27.6. The van der Waals surface area contributed by atoms with E-state index in [1.807, 2.05) is 79.0 Å². The number of rotatable bonds is 5. The third-order valence-corrected chi connectivity index (χ3v) is 7.24. The molecule has 2 heterocycles. The SMILES string of the molecule is Clc1cc(-c2nc(-c3ccccc3)nc(-c3ccc(-c4ccccc4)cc3)n2)cc(-c2cccc3cccnc23)c1. The van der Waals surface area contributed by atoms with Crippen LogP contribution in [0.1, 0.15) is 0 Å². The Morgan fingerprint density at radius 2 is 0.951 bits per heavy atom. The van der Waals surface area contributed by atoms with Gasteiger partial charge in [-0.1, -0.05) is 121 Å². The summed E-state index contributed by atoms with van der Waals surface area (Å²) in [6, 6.07) is 44.7. The first-order chi connectivity index (χ1) is 20.2. The molecule has 0 unspecified atom stereocenters. The van der Waals surface area contributed by atoms with E-state index in [-0.39, 0.29) is 0 Å². The molecule has 0 bridgehead atoms. The highest BCUT2D eigenvalue weighted by molar-refractivity contribution is 6.31. The van der Waals surface area contributed by atoms with Crippen LogP contribution in [0.15, 0.2) is 140 Å². The molecule has 2 aromatic heterocycles. The molecule has 7 rings (SSSR count). The van der Waals surface area contributed by atoms with Crippen molar-refractivity contribution in [1.82, 2.24) is 19.9 Å². The van der Waals surface area contributed by atoms with Crippen molar-refractivity contribution in [3.05, 3.63) is 145 Å². The summed E-state index contributed by atoms with van der Waals surface area (Å²) < 4.78 is 0. The Bertz CT molecular complexity index is 1980. The average Bonchev–Trinajstić information content (AvgIpc) is 3.05. The standard InChI is InChI=1S/C36H23ClN4/c37-31-22-29(32-15-7-13-26-14-8-20-38-33(26)32)21-30(23-31)36-40-34(27-11-5-2-6-12-27)39-35(41-36)28-18-16-25(17-19-28)24-9-3-1-4-10-24/h1-23H. The Hall–Kier alpha value is -5.19. The predicted molar refractivity (Wildman–Crippen MR) is 167 cm³/mol. The van der Waals surface area contributed by atoms with Gasteiger partial charge in [-0.05, 0) is 41.0 Å². The monoisotopic (exact) mass is 546 g/mol. The van der Waals surface area contributed by atoms with E-state index in [0.717, 1.165) is 49.8 Å². The Balaban J connectivity index is 1.37. The smallest absolute Gasteiger partial charge is 0.164 e. The van der Waals surface area contributed by atoms with E-state index in [4.69, 9.17) is 26.6 Å². The number of hydrogen-bond acceptors (Lipinski definition) is 4. The molecule has 0 fully saturated rings. The van der Waals surface area contributed by atoms with Crippen molar-refractivity contribution in [2.24, 2.45) is 0 Å².